The SMILES string of the molecule is Cc1ccc(Cl)cc1.O=C(NCC=C1CCC(c2ccccc2CN2CCCCC2=O)CC1)c1cc(=O)c2cc3c(cc2o1)OCO3. The van der Waals surface area contributed by atoms with Gasteiger partial charge >= 0.3 is 0 Å². The molecular weight excluding hydrogens is 616 g/mol. The number of ether oxygens (including phenoxy) is 2. The molecule has 0 bridgehead atoms. The number of hydrogen-bond acceptors (Lipinski definition) is 6. The third-order valence-electron chi connectivity index (χ3n) is 9.02. The number of benzene rings is 3. The number of allylic oxidation sites excluding steroid dienone is 1. The van der Waals surface area contributed by atoms with E-state index in [1.165, 1.54) is 28.3 Å². The summed E-state index contributed by atoms with van der Waals surface area (Å²) in [6, 6.07) is 20.7. The summed E-state index contributed by atoms with van der Waals surface area (Å²) >= 11 is 5.61. The molecular formula is C38H39ClN2O6. The molecule has 47 heavy (non-hydrogen) atoms. The second-order valence-electron chi connectivity index (χ2n) is 12.3. The van der Waals surface area contributed by atoms with Crippen molar-refractivity contribution in [2.24, 2.45) is 0 Å². The number of aryl methyl sites for hydroxylation is 1. The second-order valence-corrected chi connectivity index (χ2v) is 12.7. The number of likely N-dealkylation sites (tertiary alicyclic amines) is 1. The molecule has 3 aliphatic rings. The monoisotopic (exact) mass is 654 g/mol. The predicted molar refractivity (Wildman–Crippen MR) is 182 cm³/mol. The molecule has 1 saturated heterocycles. The van der Waals surface area contributed by atoms with E-state index in [1.54, 1.807) is 12.1 Å². The van der Waals surface area contributed by atoms with Crippen LogP contribution in [0.1, 0.15) is 78.1 Å². The minimum absolute atomic E-state index is 0.0303. The normalized spacial score (nSPS) is 17.2. The zero-order valence-corrected chi connectivity index (χ0v) is 27.3. The Balaban J connectivity index is 0.000000424. The quantitative estimate of drug-likeness (QED) is 0.214. The molecule has 1 saturated carbocycles. The first-order chi connectivity index (χ1) is 22.8. The van der Waals surface area contributed by atoms with Crippen molar-refractivity contribution in [3.05, 3.63) is 116 Å². The molecule has 2 aliphatic heterocycles. The van der Waals surface area contributed by atoms with Crippen LogP contribution in [0.4, 0.5) is 0 Å². The average molecular weight is 655 g/mol. The molecule has 2 fully saturated rings. The van der Waals surface area contributed by atoms with E-state index in [0.29, 0.717) is 47.9 Å². The van der Waals surface area contributed by atoms with Crippen molar-refractivity contribution in [1.29, 1.82) is 0 Å². The van der Waals surface area contributed by atoms with Crippen LogP contribution in [0.2, 0.25) is 5.02 Å². The third-order valence-corrected chi connectivity index (χ3v) is 9.27. The van der Waals surface area contributed by atoms with Crippen molar-refractivity contribution in [3.63, 3.8) is 0 Å². The fraction of sp³-hybridized carbons (Fsp3) is 0.342. The molecule has 3 heterocycles. The number of fused-ring (bicyclic) bond motifs is 2. The van der Waals surface area contributed by atoms with Gasteiger partial charge in [-0.15, -0.1) is 0 Å². The van der Waals surface area contributed by atoms with Gasteiger partial charge in [-0.1, -0.05) is 65.2 Å². The predicted octanol–water partition coefficient (Wildman–Crippen LogP) is 7.70. The van der Waals surface area contributed by atoms with Gasteiger partial charge in [0.15, 0.2) is 22.7 Å². The Hall–Kier alpha value is -4.56. The molecule has 2 amide bonds. The molecule has 1 N–H and O–H groups in total. The molecule has 8 nitrogen and oxygen atoms in total. The number of carbonyl (C=O) groups is 2. The Morgan fingerprint density at radius 2 is 1.70 bits per heavy atom. The maximum absolute atomic E-state index is 12.7. The lowest BCUT2D eigenvalue weighted by atomic mass is 9.79. The molecule has 244 valence electrons. The molecule has 0 atom stereocenters. The first kappa shape index (κ1) is 32.4. The van der Waals surface area contributed by atoms with E-state index in [-0.39, 0.29) is 23.9 Å². The second kappa shape index (κ2) is 14.9. The van der Waals surface area contributed by atoms with Gasteiger partial charge in [0.1, 0.15) is 5.58 Å². The first-order valence-corrected chi connectivity index (χ1v) is 16.6. The van der Waals surface area contributed by atoms with Gasteiger partial charge in [0, 0.05) is 43.2 Å². The highest BCUT2D eigenvalue weighted by Crippen LogP contribution is 2.38. The van der Waals surface area contributed by atoms with Crippen LogP contribution in [0.5, 0.6) is 11.5 Å². The van der Waals surface area contributed by atoms with Crippen LogP contribution in [0.15, 0.2) is 87.6 Å². The maximum Gasteiger partial charge on any atom is 0.287 e. The maximum atomic E-state index is 12.7. The highest BCUT2D eigenvalue weighted by Gasteiger charge is 2.24. The highest BCUT2D eigenvalue weighted by molar-refractivity contribution is 6.30. The van der Waals surface area contributed by atoms with E-state index in [0.717, 1.165) is 50.1 Å². The summed E-state index contributed by atoms with van der Waals surface area (Å²) < 4.78 is 16.4. The fourth-order valence-corrected chi connectivity index (χ4v) is 6.51. The van der Waals surface area contributed by atoms with Gasteiger partial charge in [-0.05, 0) is 80.7 Å². The molecule has 7 rings (SSSR count). The molecule has 4 aromatic rings. The number of nitrogens with zero attached hydrogens (tertiary/aromatic N) is 1. The molecule has 1 aromatic heterocycles. The Labute approximate surface area is 279 Å². The van der Waals surface area contributed by atoms with Gasteiger partial charge in [-0.2, -0.15) is 0 Å². The van der Waals surface area contributed by atoms with Crippen molar-refractivity contribution in [3.8, 4) is 11.5 Å². The van der Waals surface area contributed by atoms with Crippen molar-refractivity contribution in [1.82, 2.24) is 10.2 Å². The summed E-state index contributed by atoms with van der Waals surface area (Å²) in [6.07, 6.45) is 8.84. The van der Waals surface area contributed by atoms with Crippen LogP contribution in [0.3, 0.4) is 0 Å². The zero-order valence-electron chi connectivity index (χ0n) is 26.6. The highest BCUT2D eigenvalue weighted by atomic mass is 35.5. The van der Waals surface area contributed by atoms with E-state index < -0.39 is 5.91 Å². The van der Waals surface area contributed by atoms with Crippen LogP contribution >= 0.6 is 11.6 Å². The van der Waals surface area contributed by atoms with E-state index in [9.17, 15) is 14.4 Å². The average Bonchev–Trinajstić information content (AvgIpc) is 3.55. The van der Waals surface area contributed by atoms with Crippen LogP contribution in [-0.2, 0) is 11.3 Å². The van der Waals surface area contributed by atoms with Gasteiger partial charge < -0.3 is 24.1 Å². The summed E-state index contributed by atoms with van der Waals surface area (Å²) in [7, 11) is 0. The van der Waals surface area contributed by atoms with Gasteiger partial charge in [-0.25, -0.2) is 0 Å². The standard InChI is InChI=1S/C31H32N2O6.C7H7Cl/c34-25-16-29(39-26-17-28-27(15-24(25)26)37-19-38-28)31(36)32-13-12-20-8-10-21(11-9-20)23-6-2-1-5-22(23)18-33-14-4-3-7-30(33)35;1-6-2-4-7(8)5-3-6/h1-2,5-6,12,15-17,21H,3-4,7-11,13-14,18-19H2,(H,32,36);2-5H,1H3. The third kappa shape index (κ3) is 8.06. The zero-order chi connectivity index (χ0) is 32.8. The van der Waals surface area contributed by atoms with Gasteiger partial charge in [0.25, 0.3) is 5.91 Å². The number of amides is 2. The lowest BCUT2D eigenvalue weighted by Gasteiger charge is -2.30. The fourth-order valence-electron chi connectivity index (χ4n) is 6.38. The number of hydrogen-bond donors (Lipinski definition) is 1. The summed E-state index contributed by atoms with van der Waals surface area (Å²) in [5.74, 6) is 1.26. The number of rotatable bonds is 6. The summed E-state index contributed by atoms with van der Waals surface area (Å²) in [5.41, 5.74) is 5.17. The van der Waals surface area contributed by atoms with E-state index in [1.807, 2.05) is 36.1 Å². The lowest BCUT2D eigenvalue weighted by Crippen LogP contribution is -2.35. The minimum Gasteiger partial charge on any atom is -0.454 e. The van der Waals surface area contributed by atoms with E-state index >= 15 is 0 Å². The minimum atomic E-state index is -0.432. The molecule has 0 unspecified atom stereocenters. The van der Waals surface area contributed by atoms with Gasteiger partial charge in [0.05, 0.1) is 5.39 Å². The van der Waals surface area contributed by atoms with Crippen LogP contribution in [0, 0.1) is 6.92 Å². The van der Waals surface area contributed by atoms with E-state index in [2.05, 4.69) is 35.7 Å². The molecule has 1 aliphatic carbocycles. The molecule has 0 spiro atoms. The molecule has 3 aromatic carbocycles. The smallest absolute Gasteiger partial charge is 0.287 e. The van der Waals surface area contributed by atoms with Crippen molar-refractivity contribution in [2.45, 2.75) is 64.3 Å². The number of halogens is 1. The van der Waals surface area contributed by atoms with Crippen LogP contribution in [0.25, 0.3) is 11.0 Å². The molecule has 0 radical (unpaired) electrons. The van der Waals surface area contributed by atoms with Crippen molar-refractivity contribution >= 4 is 34.4 Å². The summed E-state index contributed by atoms with van der Waals surface area (Å²) in [4.78, 5) is 39.6. The largest absolute Gasteiger partial charge is 0.454 e. The Morgan fingerprint density at radius 1 is 0.957 bits per heavy atom. The van der Waals surface area contributed by atoms with E-state index in [4.69, 9.17) is 25.5 Å². The summed E-state index contributed by atoms with van der Waals surface area (Å²) in [5, 5.41) is 4.00. The lowest BCUT2D eigenvalue weighted by molar-refractivity contribution is -0.133. The van der Waals surface area contributed by atoms with Crippen LogP contribution in [-0.4, -0.2) is 36.6 Å². The number of nitrogens with one attached hydrogen (secondary N) is 1. The van der Waals surface area contributed by atoms with Crippen molar-refractivity contribution < 1.29 is 23.5 Å². The number of carbonyl (C=O) groups excluding carboxylic acids is 2. The molecule has 9 heteroatoms. The Kier molecular flexibility index (Phi) is 10.3. The number of piperidine rings is 1. The topological polar surface area (TPSA) is 98.1 Å². The van der Waals surface area contributed by atoms with Gasteiger partial charge in [0.2, 0.25) is 12.7 Å². The first-order valence-electron chi connectivity index (χ1n) is 16.3. The Bertz CT molecular complexity index is 1820. The summed E-state index contributed by atoms with van der Waals surface area (Å²) in [6.45, 7) is 4.05. The van der Waals surface area contributed by atoms with Gasteiger partial charge in [-0.3, -0.25) is 14.4 Å². The Morgan fingerprint density at radius 3 is 2.45 bits per heavy atom. The van der Waals surface area contributed by atoms with Crippen LogP contribution < -0.4 is 20.2 Å². The van der Waals surface area contributed by atoms with Crippen molar-refractivity contribution in [2.75, 3.05) is 19.9 Å².